The summed E-state index contributed by atoms with van der Waals surface area (Å²) >= 11 is 6.68. The number of aromatic nitrogens is 4. The first-order valence-corrected chi connectivity index (χ1v) is 11.0. The number of aliphatic hydroxyl groups is 1. The van der Waals surface area contributed by atoms with Crippen molar-refractivity contribution in [2.75, 3.05) is 27.4 Å². The van der Waals surface area contributed by atoms with Crippen molar-refractivity contribution in [2.45, 2.75) is 11.8 Å². The lowest BCUT2D eigenvalue weighted by atomic mass is 9.83. The van der Waals surface area contributed by atoms with E-state index in [1.165, 1.54) is 32.8 Å². The Morgan fingerprint density at radius 3 is 2.39 bits per heavy atom. The van der Waals surface area contributed by atoms with Gasteiger partial charge in [0.1, 0.15) is 12.3 Å². The zero-order chi connectivity index (χ0) is 26.1. The first-order chi connectivity index (χ1) is 17.1. The second-order valence-corrected chi connectivity index (χ2v) is 8.25. The molecular formula is C24H22ClF3N4O4. The Balaban J connectivity index is 1.91. The van der Waals surface area contributed by atoms with Crippen LogP contribution in [0.4, 0.5) is 13.2 Å². The number of pyridine rings is 2. The number of hydrogen-bond acceptors (Lipinski definition) is 7. The molecule has 0 amide bonds. The standard InChI is InChI=1S/C24H22ClF3N4O4/c1-32-13-29-12-19(32)23(33,15-5-7-18(30-11-15)24(26,27)28)14-4-6-17-16(10-14)20(25)21(22(31-17)35-3)36-9-8-34-2/h4-7,10-13,33H,8-9H2,1-3H3/t23-/m0/s1. The van der Waals surface area contributed by atoms with Gasteiger partial charge in [-0.2, -0.15) is 13.2 Å². The Morgan fingerprint density at radius 2 is 1.81 bits per heavy atom. The van der Waals surface area contributed by atoms with Gasteiger partial charge in [-0.15, -0.1) is 0 Å². The van der Waals surface area contributed by atoms with Crippen LogP contribution in [0.25, 0.3) is 10.9 Å². The molecule has 0 radical (unpaired) electrons. The molecule has 4 rings (SSSR count). The molecule has 8 nitrogen and oxygen atoms in total. The number of aryl methyl sites for hydroxylation is 1. The molecule has 36 heavy (non-hydrogen) atoms. The number of alkyl halides is 3. The summed E-state index contributed by atoms with van der Waals surface area (Å²) in [6, 6.07) is 6.81. The van der Waals surface area contributed by atoms with Gasteiger partial charge in [-0.25, -0.2) is 9.97 Å². The van der Waals surface area contributed by atoms with Crippen molar-refractivity contribution < 1.29 is 32.5 Å². The van der Waals surface area contributed by atoms with Crippen LogP contribution in [0.1, 0.15) is 22.5 Å². The normalized spacial score (nSPS) is 13.6. The number of hydrogen-bond donors (Lipinski definition) is 1. The maximum absolute atomic E-state index is 13.1. The van der Waals surface area contributed by atoms with Gasteiger partial charge in [0.15, 0.2) is 5.60 Å². The fourth-order valence-electron chi connectivity index (χ4n) is 3.85. The minimum absolute atomic E-state index is 0.104. The molecule has 1 aromatic carbocycles. The Morgan fingerprint density at radius 1 is 1.06 bits per heavy atom. The summed E-state index contributed by atoms with van der Waals surface area (Å²) in [5.74, 6) is 0.367. The fraction of sp³-hybridized carbons (Fsp3) is 0.292. The predicted octanol–water partition coefficient (Wildman–Crippen LogP) is 4.35. The highest BCUT2D eigenvalue weighted by atomic mass is 35.5. The molecule has 0 bridgehead atoms. The van der Waals surface area contributed by atoms with Crippen molar-refractivity contribution in [3.8, 4) is 11.6 Å². The summed E-state index contributed by atoms with van der Waals surface area (Å²) in [7, 11) is 4.62. The maximum atomic E-state index is 13.1. The summed E-state index contributed by atoms with van der Waals surface area (Å²) < 4.78 is 57.0. The highest BCUT2D eigenvalue weighted by Gasteiger charge is 2.39. The average molecular weight is 523 g/mol. The van der Waals surface area contributed by atoms with Crippen molar-refractivity contribution in [3.63, 3.8) is 0 Å². The van der Waals surface area contributed by atoms with E-state index in [9.17, 15) is 18.3 Å². The van der Waals surface area contributed by atoms with Crippen LogP contribution in [0, 0.1) is 0 Å². The van der Waals surface area contributed by atoms with E-state index in [2.05, 4.69) is 15.0 Å². The van der Waals surface area contributed by atoms with E-state index in [4.69, 9.17) is 25.8 Å². The predicted molar refractivity (Wildman–Crippen MR) is 125 cm³/mol. The lowest BCUT2D eigenvalue weighted by molar-refractivity contribution is -0.141. The highest BCUT2D eigenvalue weighted by Crippen LogP contribution is 2.43. The lowest BCUT2D eigenvalue weighted by Crippen LogP contribution is -2.31. The number of benzene rings is 1. The monoisotopic (exact) mass is 522 g/mol. The molecule has 4 aromatic rings. The van der Waals surface area contributed by atoms with Crippen molar-refractivity contribution >= 4 is 22.5 Å². The minimum atomic E-state index is -4.62. The average Bonchev–Trinajstić information content (AvgIpc) is 3.30. The highest BCUT2D eigenvalue weighted by molar-refractivity contribution is 6.37. The van der Waals surface area contributed by atoms with E-state index in [1.54, 1.807) is 29.8 Å². The first-order valence-electron chi connectivity index (χ1n) is 10.6. The van der Waals surface area contributed by atoms with Crippen LogP contribution >= 0.6 is 11.6 Å². The second kappa shape index (κ2) is 9.92. The Kier molecular flexibility index (Phi) is 7.07. The van der Waals surface area contributed by atoms with Crippen LogP contribution in [0.2, 0.25) is 5.02 Å². The van der Waals surface area contributed by atoms with Crippen LogP contribution in [0.5, 0.6) is 11.6 Å². The molecule has 0 aliphatic heterocycles. The quantitative estimate of drug-likeness (QED) is 0.344. The molecule has 12 heteroatoms. The zero-order valence-corrected chi connectivity index (χ0v) is 20.3. The SMILES string of the molecule is COCCOc1c(OC)nc2ccc([C@](O)(c3ccc(C(F)(F)F)nc3)c3cncn3C)cc2c1Cl. The molecule has 0 aliphatic carbocycles. The summed E-state index contributed by atoms with van der Waals surface area (Å²) in [4.78, 5) is 12.0. The smallest absolute Gasteiger partial charge is 0.433 e. The van der Waals surface area contributed by atoms with Gasteiger partial charge in [0.2, 0.25) is 5.75 Å². The van der Waals surface area contributed by atoms with Gasteiger partial charge in [-0.05, 0) is 23.8 Å². The third kappa shape index (κ3) is 4.57. The van der Waals surface area contributed by atoms with Crippen LogP contribution in [-0.2, 0) is 23.6 Å². The number of rotatable bonds is 8. The van der Waals surface area contributed by atoms with E-state index in [1.807, 2.05) is 0 Å². The number of fused-ring (bicyclic) bond motifs is 1. The number of imidazole rings is 1. The molecule has 1 N–H and O–H groups in total. The second-order valence-electron chi connectivity index (χ2n) is 7.87. The van der Waals surface area contributed by atoms with Crippen LogP contribution in [0.15, 0.2) is 49.1 Å². The Bertz CT molecular complexity index is 1380. The molecule has 1 atom stereocenters. The maximum Gasteiger partial charge on any atom is 0.433 e. The van der Waals surface area contributed by atoms with Gasteiger partial charge >= 0.3 is 6.18 Å². The van der Waals surface area contributed by atoms with Gasteiger partial charge in [-0.1, -0.05) is 23.7 Å². The number of halogens is 4. The third-order valence-corrected chi connectivity index (χ3v) is 6.03. The molecule has 0 unspecified atom stereocenters. The minimum Gasteiger partial charge on any atom is -0.484 e. The lowest BCUT2D eigenvalue weighted by Gasteiger charge is -2.30. The van der Waals surface area contributed by atoms with E-state index in [0.717, 1.165) is 12.3 Å². The molecular weight excluding hydrogens is 501 g/mol. The molecule has 3 heterocycles. The summed E-state index contributed by atoms with van der Waals surface area (Å²) in [6.45, 7) is 0.494. The number of methoxy groups -OCH3 is 2. The molecule has 0 aliphatic rings. The number of nitrogens with zero attached hydrogens (tertiary/aromatic N) is 4. The third-order valence-electron chi connectivity index (χ3n) is 5.65. The fourth-order valence-corrected chi connectivity index (χ4v) is 4.13. The van der Waals surface area contributed by atoms with Gasteiger partial charge in [0, 0.05) is 31.3 Å². The van der Waals surface area contributed by atoms with E-state index in [0.29, 0.717) is 28.8 Å². The zero-order valence-electron chi connectivity index (χ0n) is 19.5. The topological polar surface area (TPSA) is 91.5 Å². The molecule has 0 saturated carbocycles. The van der Waals surface area contributed by atoms with Crippen LogP contribution in [-0.4, -0.2) is 52.1 Å². The number of ether oxygens (including phenoxy) is 3. The van der Waals surface area contributed by atoms with Gasteiger partial charge in [0.05, 0.1) is 42.5 Å². The van der Waals surface area contributed by atoms with E-state index >= 15 is 0 Å². The van der Waals surface area contributed by atoms with Crippen molar-refractivity contribution in [2.24, 2.45) is 7.05 Å². The van der Waals surface area contributed by atoms with Gasteiger partial charge in [-0.3, -0.25) is 4.98 Å². The van der Waals surface area contributed by atoms with Crippen LogP contribution in [0.3, 0.4) is 0 Å². The molecule has 3 aromatic heterocycles. The van der Waals surface area contributed by atoms with Crippen molar-refractivity contribution in [3.05, 3.63) is 76.6 Å². The molecule has 0 saturated heterocycles. The van der Waals surface area contributed by atoms with Gasteiger partial charge < -0.3 is 23.9 Å². The van der Waals surface area contributed by atoms with E-state index < -0.39 is 17.5 Å². The van der Waals surface area contributed by atoms with E-state index in [-0.39, 0.29) is 28.8 Å². The first kappa shape index (κ1) is 25.7. The Labute approximate surface area is 209 Å². The van der Waals surface area contributed by atoms with Crippen LogP contribution < -0.4 is 9.47 Å². The largest absolute Gasteiger partial charge is 0.484 e. The summed E-state index contributed by atoms with van der Waals surface area (Å²) in [5, 5.41) is 12.7. The Hall–Kier alpha value is -3.41. The molecule has 190 valence electrons. The summed E-state index contributed by atoms with van der Waals surface area (Å²) in [6.07, 6.45) is -0.730. The summed E-state index contributed by atoms with van der Waals surface area (Å²) in [5.41, 5.74) is -1.83. The molecule has 0 spiro atoms. The van der Waals surface area contributed by atoms with Crippen molar-refractivity contribution in [1.29, 1.82) is 0 Å². The molecule has 0 fully saturated rings. The van der Waals surface area contributed by atoms with Gasteiger partial charge in [0.25, 0.3) is 5.88 Å². The van der Waals surface area contributed by atoms with Crippen molar-refractivity contribution in [1.82, 2.24) is 19.5 Å².